The zero-order chi connectivity index (χ0) is 12.7. The molecule has 4 fully saturated rings. The van der Waals surface area contributed by atoms with Gasteiger partial charge in [-0.05, 0) is 42.6 Å². The second-order valence-corrected chi connectivity index (χ2v) is 7.38. The lowest BCUT2D eigenvalue weighted by Gasteiger charge is -2.48. The molecule has 18 heavy (non-hydrogen) atoms. The molecule has 0 aromatic rings. The smallest absolute Gasteiger partial charge is 0.310 e. The number of nitrogens with one attached hydrogen (secondary N) is 1. The lowest BCUT2D eigenvalue weighted by Crippen LogP contribution is -2.57. The molecular formula is C15H23NO2. The van der Waals surface area contributed by atoms with Gasteiger partial charge in [0.1, 0.15) is 6.10 Å². The summed E-state index contributed by atoms with van der Waals surface area (Å²) in [6, 6.07) is 0.407. The van der Waals surface area contributed by atoms with Crippen LogP contribution >= 0.6 is 0 Å². The molecule has 2 bridgehead atoms. The second kappa shape index (κ2) is 3.30. The average molecular weight is 249 g/mol. The molecule has 4 aliphatic rings. The number of hydrogen-bond donors (Lipinski definition) is 1. The van der Waals surface area contributed by atoms with Gasteiger partial charge >= 0.3 is 5.97 Å². The highest BCUT2D eigenvalue weighted by Gasteiger charge is 2.70. The Morgan fingerprint density at radius 2 is 2.17 bits per heavy atom. The van der Waals surface area contributed by atoms with E-state index < -0.39 is 0 Å². The molecule has 0 spiro atoms. The van der Waals surface area contributed by atoms with Crippen LogP contribution in [0.15, 0.2) is 0 Å². The Bertz CT molecular complexity index is 407. The third-order valence-electron chi connectivity index (χ3n) is 6.61. The molecule has 2 aliphatic carbocycles. The van der Waals surface area contributed by atoms with Crippen LogP contribution in [-0.4, -0.2) is 24.7 Å². The highest BCUT2D eigenvalue weighted by Crippen LogP contribution is 2.64. The van der Waals surface area contributed by atoms with Gasteiger partial charge in [0.05, 0.1) is 12.0 Å². The zero-order valence-electron chi connectivity index (χ0n) is 11.5. The predicted molar refractivity (Wildman–Crippen MR) is 67.8 cm³/mol. The van der Waals surface area contributed by atoms with Crippen molar-refractivity contribution in [3.8, 4) is 0 Å². The number of carbonyl (C=O) groups excluding carboxylic acids is 1. The zero-order valence-corrected chi connectivity index (χ0v) is 11.5. The monoisotopic (exact) mass is 249 g/mol. The summed E-state index contributed by atoms with van der Waals surface area (Å²) in [6.45, 7) is 8.04. The van der Waals surface area contributed by atoms with E-state index in [2.05, 4.69) is 26.1 Å². The largest absolute Gasteiger partial charge is 0.460 e. The fraction of sp³-hybridized carbons (Fsp3) is 0.933. The maximum Gasteiger partial charge on any atom is 0.310 e. The first-order valence-corrected chi connectivity index (χ1v) is 7.49. The minimum Gasteiger partial charge on any atom is -0.460 e. The molecule has 0 aromatic heterocycles. The van der Waals surface area contributed by atoms with Crippen LogP contribution < -0.4 is 5.32 Å². The van der Waals surface area contributed by atoms with E-state index >= 15 is 0 Å². The normalized spacial score (nSPS) is 57.0. The third kappa shape index (κ3) is 1.05. The molecule has 2 heterocycles. The van der Waals surface area contributed by atoms with Crippen molar-refractivity contribution in [2.24, 2.45) is 35.0 Å². The molecule has 0 unspecified atom stereocenters. The predicted octanol–water partition coefficient (Wildman–Crippen LogP) is 1.82. The summed E-state index contributed by atoms with van der Waals surface area (Å²) in [7, 11) is 0. The summed E-state index contributed by atoms with van der Waals surface area (Å²) in [5, 5.41) is 3.69. The number of hydrogen-bond acceptors (Lipinski definition) is 3. The molecular weight excluding hydrogens is 226 g/mol. The Labute approximate surface area is 109 Å². The van der Waals surface area contributed by atoms with Gasteiger partial charge in [0.15, 0.2) is 0 Å². The quantitative estimate of drug-likeness (QED) is 0.720. The molecule has 0 amide bonds. The Morgan fingerprint density at radius 1 is 1.39 bits per heavy atom. The molecule has 100 valence electrons. The minimum absolute atomic E-state index is 0.0989. The fourth-order valence-corrected chi connectivity index (χ4v) is 5.81. The molecule has 0 aromatic carbocycles. The van der Waals surface area contributed by atoms with E-state index in [0.717, 1.165) is 12.5 Å². The van der Waals surface area contributed by atoms with Crippen molar-refractivity contribution in [3.63, 3.8) is 0 Å². The average Bonchev–Trinajstić information content (AvgIpc) is 2.88. The van der Waals surface area contributed by atoms with E-state index in [1.807, 2.05) is 0 Å². The van der Waals surface area contributed by atoms with Crippen molar-refractivity contribution < 1.29 is 9.53 Å². The van der Waals surface area contributed by atoms with Crippen molar-refractivity contribution in [1.29, 1.82) is 0 Å². The first kappa shape index (κ1) is 11.3. The SMILES string of the molecule is CC(C)[C@@H]1[C@H]2OC(=O)[C@@H]1[C@@H]1CC[C@@H]3CN[C@H]2[C@@]31C. The van der Waals surface area contributed by atoms with Crippen molar-refractivity contribution >= 4 is 5.97 Å². The van der Waals surface area contributed by atoms with Gasteiger partial charge in [0.2, 0.25) is 0 Å². The van der Waals surface area contributed by atoms with Crippen molar-refractivity contribution in [2.45, 2.75) is 45.8 Å². The van der Waals surface area contributed by atoms with E-state index in [1.165, 1.54) is 12.8 Å². The third-order valence-corrected chi connectivity index (χ3v) is 6.61. The van der Waals surface area contributed by atoms with Gasteiger partial charge in [-0.1, -0.05) is 20.8 Å². The topological polar surface area (TPSA) is 38.3 Å². The van der Waals surface area contributed by atoms with Gasteiger partial charge in [-0.15, -0.1) is 0 Å². The number of carbonyl (C=O) groups is 1. The summed E-state index contributed by atoms with van der Waals surface area (Å²) in [6.07, 6.45) is 2.66. The van der Waals surface area contributed by atoms with Crippen molar-refractivity contribution in [2.75, 3.05) is 6.54 Å². The molecule has 2 saturated heterocycles. The minimum atomic E-state index is 0.0989. The molecule has 4 rings (SSSR count). The second-order valence-electron chi connectivity index (χ2n) is 7.38. The molecule has 1 N–H and O–H groups in total. The van der Waals surface area contributed by atoms with Gasteiger partial charge in [-0.25, -0.2) is 0 Å². The first-order valence-electron chi connectivity index (χ1n) is 7.49. The number of esters is 1. The van der Waals surface area contributed by atoms with Crippen LogP contribution in [0.4, 0.5) is 0 Å². The molecule has 3 nitrogen and oxygen atoms in total. The maximum absolute atomic E-state index is 12.3. The summed E-state index contributed by atoms with van der Waals surface area (Å²) in [5.41, 5.74) is 0.312. The van der Waals surface area contributed by atoms with Crippen molar-refractivity contribution in [3.05, 3.63) is 0 Å². The van der Waals surface area contributed by atoms with E-state index in [9.17, 15) is 4.79 Å². The molecule has 2 aliphatic heterocycles. The van der Waals surface area contributed by atoms with Crippen LogP contribution in [0.5, 0.6) is 0 Å². The highest BCUT2D eigenvalue weighted by atomic mass is 16.6. The summed E-state index contributed by atoms with van der Waals surface area (Å²) < 4.78 is 5.79. The highest BCUT2D eigenvalue weighted by molar-refractivity contribution is 5.77. The van der Waals surface area contributed by atoms with Gasteiger partial charge in [0, 0.05) is 5.92 Å². The Balaban J connectivity index is 1.83. The van der Waals surface area contributed by atoms with Crippen LogP contribution in [-0.2, 0) is 9.53 Å². The Kier molecular flexibility index (Phi) is 2.07. The summed E-state index contributed by atoms with van der Waals surface area (Å²) in [4.78, 5) is 12.3. The maximum atomic E-state index is 12.3. The Hall–Kier alpha value is -0.570. The van der Waals surface area contributed by atoms with Gasteiger partial charge in [-0.3, -0.25) is 4.79 Å². The number of fused-ring (bicyclic) bond motifs is 4. The van der Waals surface area contributed by atoms with Crippen molar-refractivity contribution in [1.82, 2.24) is 5.32 Å². The number of ether oxygens (including phenoxy) is 1. The van der Waals surface area contributed by atoms with E-state index in [-0.39, 0.29) is 18.0 Å². The molecule has 7 atom stereocenters. The van der Waals surface area contributed by atoms with Gasteiger partial charge in [0.25, 0.3) is 0 Å². The van der Waals surface area contributed by atoms with Gasteiger partial charge in [-0.2, -0.15) is 0 Å². The lowest BCUT2D eigenvalue weighted by molar-refractivity contribution is -0.144. The summed E-state index contributed by atoms with van der Waals surface area (Å²) >= 11 is 0. The van der Waals surface area contributed by atoms with Crippen LogP contribution in [0, 0.1) is 35.0 Å². The summed E-state index contributed by atoms with van der Waals surface area (Å²) in [5.74, 6) is 2.58. The molecule has 0 radical (unpaired) electrons. The van der Waals surface area contributed by atoms with E-state index in [4.69, 9.17) is 4.74 Å². The van der Waals surface area contributed by atoms with E-state index in [0.29, 0.717) is 29.2 Å². The molecule has 3 heteroatoms. The van der Waals surface area contributed by atoms with Crippen LogP contribution in [0.3, 0.4) is 0 Å². The lowest BCUT2D eigenvalue weighted by atomic mass is 9.55. The van der Waals surface area contributed by atoms with E-state index in [1.54, 1.807) is 0 Å². The molecule has 2 saturated carbocycles. The number of rotatable bonds is 1. The Morgan fingerprint density at radius 3 is 2.89 bits per heavy atom. The van der Waals surface area contributed by atoms with Crippen LogP contribution in [0.1, 0.15) is 33.6 Å². The standard InChI is InChI=1S/C15H23NO2/c1-7(2)10-11-9-5-4-8-6-16-13(15(8,9)3)12(10)18-14(11)17/h7-13,16H,4-6H2,1-3H3/t8-,9+,10+,11-,12-,13-,15+/m1/s1. The van der Waals surface area contributed by atoms with Crippen LogP contribution in [0.25, 0.3) is 0 Å². The fourth-order valence-electron chi connectivity index (χ4n) is 5.81. The first-order chi connectivity index (χ1) is 8.55. The van der Waals surface area contributed by atoms with Crippen LogP contribution in [0.2, 0.25) is 0 Å². The van der Waals surface area contributed by atoms with Gasteiger partial charge < -0.3 is 10.1 Å².